The third-order valence-corrected chi connectivity index (χ3v) is 4.22. The number of halogens is 1. The van der Waals surface area contributed by atoms with Crippen molar-refractivity contribution in [3.05, 3.63) is 18.0 Å². The van der Waals surface area contributed by atoms with Crippen molar-refractivity contribution in [1.29, 1.82) is 0 Å². The van der Waals surface area contributed by atoms with Crippen LogP contribution in [0.2, 0.25) is 0 Å². The maximum absolute atomic E-state index is 6.09. The zero-order valence-corrected chi connectivity index (χ0v) is 13.2. The summed E-state index contributed by atoms with van der Waals surface area (Å²) >= 11 is 6.09. The van der Waals surface area contributed by atoms with Crippen molar-refractivity contribution >= 4 is 11.6 Å². The van der Waals surface area contributed by atoms with Gasteiger partial charge in [0.2, 0.25) is 0 Å². The molecule has 104 valence electrons. The molecule has 1 aromatic rings. The predicted molar refractivity (Wildman–Crippen MR) is 79.2 cm³/mol. The Morgan fingerprint density at radius 2 is 1.89 bits per heavy atom. The molecule has 0 saturated carbocycles. The van der Waals surface area contributed by atoms with Gasteiger partial charge in [0.05, 0.1) is 11.7 Å². The first-order valence-electron chi connectivity index (χ1n) is 7.02. The highest BCUT2D eigenvalue weighted by atomic mass is 35.5. The van der Waals surface area contributed by atoms with Crippen LogP contribution < -0.4 is 0 Å². The SMILES string of the molecule is CCC(CC)n1ccc(CC(CCl)C(C)(C)C)n1. The van der Waals surface area contributed by atoms with Crippen LogP contribution in [0.4, 0.5) is 0 Å². The van der Waals surface area contributed by atoms with Crippen LogP contribution in [0.1, 0.15) is 59.2 Å². The summed E-state index contributed by atoms with van der Waals surface area (Å²) in [6.07, 6.45) is 5.35. The molecular weight excluding hydrogens is 244 g/mol. The molecule has 1 unspecified atom stereocenters. The van der Waals surface area contributed by atoms with Gasteiger partial charge in [0.15, 0.2) is 0 Å². The Morgan fingerprint density at radius 3 is 2.33 bits per heavy atom. The Kier molecular flexibility index (Phi) is 5.71. The number of rotatable bonds is 6. The van der Waals surface area contributed by atoms with E-state index >= 15 is 0 Å². The smallest absolute Gasteiger partial charge is 0.0628 e. The average Bonchev–Trinajstić information content (AvgIpc) is 2.74. The van der Waals surface area contributed by atoms with Gasteiger partial charge < -0.3 is 0 Å². The van der Waals surface area contributed by atoms with Gasteiger partial charge in [0.1, 0.15) is 0 Å². The molecule has 0 saturated heterocycles. The molecule has 3 heteroatoms. The van der Waals surface area contributed by atoms with Gasteiger partial charge in [-0.05, 0) is 36.7 Å². The largest absolute Gasteiger partial charge is 0.269 e. The summed E-state index contributed by atoms with van der Waals surface area (Å²) in [4.78, 5) is 0. The molecule has 1 heterocycles. The monoisotopic (exact) mass is 270 g/mol. The second-order valence-corrected chi connectivity index (χ2v) is 6.49. The highest BCUT2D eigenvalue weighted by Crippen LogP contribution is 2.30. The van der Waals surface area contributed by atoms with E-state index in [1.54, 1.807) is 0 Å². The third kappa shape index (κ3) is 4.01. The average molecular weight is 271 g/mol. The molecule has 0 spiro atoms. The number of hydrogen-bond donors (Lipinski definition) is 0. The van der Waals surface area contributed by atoms with Gasteiger partial charge in [-0.3, -0.25) is 4.68 Å². The van der Waals surface area contributed by atoms with Crippen molar-refractivity contribution in [2.75, 3.05) is 5.88 Å². The van der Waals surface area contributed by atoms with Crippen LogP contribution in [0.5, 0.6) is 0 Å². The van der Waals surface area contributed by atoms with E-state index in [-0.39, 0.29) is 5.41 Å². The highest BCUT2D eigenvalue weighted by molar-refractivity contribution is 6.18. The molecule has 0 aromatic carbocycles. The fourth-order valence-corrected chi connectivity index (χ4v) is 2.77. The Balaban J connectivity index is 2.74. The molecule has 0 radical (unpaired) electrons. The van der Waals surface area contributed by atoms with E-state index in [4.69, 9.17) is 16.7 Å². The van der Waals surface area contributed by atoms with Gasteiger partial charge in [-0.2, -0.15) is 5.10 Å². The van der Waals surface area contributed by atoms with E-state index in [2.05, 4.69) is 51.6 Å². The minimum absolute atomic E-state index is 0.237. The first kappa shape index (κ1) is 15.6. The van der Waals surface area contributed by atoms with Crippen molar-refractivity contribution in [3.63, 3.8) is 0 Å². The molecule has 0 amide bonds. The first-order valence-corrected chi connectivity index (χ1v) is 7.55. The molecule has 1 atom stereocenters. The lowest BCUT2D eigenvalue weighted by Gasteiger charge is -2.28. The molecular formula is C15H27ClN2. The normalized spacial score (nSPS) is 14.2. The molecule has 1 aromatic heterocycles. The van der Waals surface area contributed by atoms with E-state index in [0.29, 0.717) is 17.8 Å². The molecule has 1 rings (SSSR count). The topological polar surface area (TPSA) is 17.8 Å². The molecule has 0 aliphatic heterocycles. The molecule has 0 aliphatic rings. The van der Waals surface area contributed by atoms with Gasteiger partial charge in [0.25, 0.3) is 0 Å². The predicted octanol–water partition coefficient (Wildman–Crippen LogP) is 4.69. The Bertz CT molecular complexity index is 348. The summed E-state index contributed by atoms with van der Waals surface area (Å²) in [5, 5.41) is 4.71. The Labute approximate surface area is 117 Å². The minimum atomic E-state index is 0.237. The van der Waals surface area contributed by atoms with Crippen LogP contribution in [0.25, 0.3) is 0 Å². The number of aromatic nitrogens is 2. The fraction of sp³-hybridized carbons (Fsp3) is 0.800. The van der Waals surface area contributed by atoms with Crippen molar-refractivity contribution in [2.24, 2.45) is 11.3 Å². The zero-order chi connectivity index (χ0) is 13.8. The van der Waals surface area contributed by atoms with Gasteiger partial charge >= 0.3 is 0 Å². The third-order valence-electron chi connectivity index (χ3n) is 3.85. The maximum Gasteiger partial charge on any atom is 0.0628 e. The molecule has 2 nitrogen and oxygen atoms in total. The summed E-state index contributed by atoms with van der Waals surface area (Å²) in [7, 11) is 0. The fourth-order valence-electron chi connectivity index (χ4n) is 2.20. The van der Waals surface area contributed by atoms with Crippen LogP contribution >= 0.6 is 11.6 Å². The summed E-state index contributed by atoms with van der Waals surface area (Å²) < 4.78 is 2.11. The lowest BCUT2D eigenvalue weighted by Crippen LogP contribution is -2.24. The second-order valence-electron chi connectivity index (χ2n) is 6.18. The van der Waals surface area contributed by atoms with Crippen LogP contribution in [-0.4, -0.2) is 15.7 Å². The zero-order valence-electron chi connectivity index (χ0n) is 12.4. The Morgan fingerprint density at radius 1 is 1.28 bits per heavy atom. The van der Waals surface area contributed by atoms with E-state index in [0.717, 1.165) is 19.3 Å². The molecule has 0 fully saturated rings. The summed E-state index contributed by atoms with van der Waals surface area (Å²) in [6, 6.07) is 2.67. The standard InChI is InChI=1S/C15H27ClN2/c1-6-14(7-2)18-9-8-13(17-18)10-12(11-16)15(3,4)5/h8-9,12,14H,6-7,10-11H2,1-5H3. The van der Waals surface area contributed by atoms with Crippen molar-refractivity contribution in [3.8, 4) is 0 Å². The summed E-state index contributed by atoms with van der Waals surface area (Å²) in [6.45, 7) is 11.2. The lowest BCUT2D eigenvalue weighted by atomic mass is 9.79. The first-order chi connectivity index (χ1) is 8.42. The van der Waals surface area contributed by atoms with Crippen molar-refractivity contribution < 1.29 is 0 Å². The lowest BCUT2D eigenvalue weighted by molar-refractivity contribution is 0.261. The van der Waals surface area contributed by atoms with Crippen LogP contribution in [0.3, 0.4) is 0 Å². The second kappa shape index (κ2) is 6.60. The molecule has 0 N–H and O–H groups in total. The summed E-state index contributed by atoms with van der Waals surface area (Å²) in [5.74, 6) is 1.17. The summed E-state index contributed by atoms with van der Waals surface area (Å²) in [5.41, 5.74) is 1.41. The Hall–Kier alpha value is -0.500. The van der Waals surface area contributed by atoms with Gasteiger partial charge in [-0.25, -0.2) is 0 Å². The number of alkyl halides is 1. The van der Waals surface area contributed by atoms with Crippen LogP contribution in [0.15, 0.2) is 12.3 Å². The molecule has 0 aliphatic carbocycles. The van der Waals surface area contributed by atoms with Gasteiger partial charge in [0, 0.05) is 12.1 Å². The van der Waals surface area contributed by atoms with Crippen molar-refractivity contribution in [2.45, 2.75) is 59.9 Å². The molecule has 18 heavy (non-hydrogen) atoms. The van der Waals surface area contributed by atoms with E-state index in [9.17, 15) is 0 Å². The van der Waals surface area contributed by atoms with E-state index in [1.807, 2.05) is 0 Å². The minimum Gasteiger partial charge on any atom is -0.269 e. The number of nitrogens with zero attached hydrogens (tertiary/aromatic N) is 2. The number of hydrogen-bond acceptors (Lipinski definition) is 1. The molecule has 0 bridgehead atoms. The van der Waals surface area contributed by atoms with Gasteiger partial charge in [-0.1, -0.05) is 34.6 Å². The van der Waals surface area contributed by atoms with E-state index < -0.39 is 0 Å². The van der Waals surface area contributed by atoms with Crippen LogP contribution in [0, 0.1) is 11.3 Å². The van der Waals surface area contributed by atoms with Gasteiger partial charge in [-0.15, -0.1) is 11.6 Å². The van der Waals surface area contributed by atoms with Crippen molar-refractivity contribution in [1.82, 2.24) is 9.78 Å². The van der Waals surface area contributed by atoms with Crippen LogP contribution in [-0.2, 0) is 6.42 Å². The maximum atomic E-state index is 6.09. The quantitative estimate of drug-likeness (QED) is 0.686. The highest BCUT2D eigenvalue weighted by Gasteiger charge is 2.24. The van der Waals surface area contributed by atoms with E-state index in [1.165, 1.54) is 5.69 Å².